The molecule has 0 aliphatic heterocycles. The highest BCUT2D eigenvalue weighted by atomic mass is 32.2. The van der Waals surface area contributed by atoms with Crippen LogP contribution in [0, 0.1) is 10.1 Å². The number of nitrogens with one attached hydrogen (secondary N) is 1. The number of ether oxygens (including phenoxy) is 1. The van der Waals surface area contributed by atoms with Crippen LogP contribution in [0.4, 0.5) is 5.69 Å². The Labute approximate surface area is 192 Å². The second-order valence-corrected chi connectivity index (χ2v) is 9.18. The summed E-state index contributed by atoms with van der Waals surface area (Å²) in [5.41, 5.74) is -0.0420. The van der Waals surface area contributed by atoms with Crippen molar-refractivity contribution in [2.24, 2.45) is 0 Å². The minimum absolute atomic E-state index is 0.165. The normalized spacial score (nSPS) is 14.3. The van der Waals surface area contributed by atoms with Crippen molar-refractivity contribution in [2.45, 2.75) is 55.2 Å². The smallest absolute Gasteiger partial charge is 0.305 e. The molecule has 2 rings (SSSR count). The van der Waals surface area contributed by atoms with Gasteiger partial charge in [-0.05, 0) is 30.9 Å². The van der Waals surface area contributed by atoms with E-state index in [1.54, 1.807) is 30.3 Å². The molecule has 0 spiro atoms. The van der Waals surface area contributed by atoms with Crippen LogP contribution >= 0.6 is 0 Å². The maximum Gasteiger partial charge on any atom is 0.305 e. The molecule has 0 saturated carbocycles. The average Bonchev–Trinajstić information content (AvgIpc) is 2.81. The van der Waals surface area contributed by atoms with Crippen molar-refractivity contribution in [1.82, 2.24) is 4.72 Å². The number of benzene rings is 2. The molecule has 0 aliphatic rings. The molecule has 2 aromatic rings. The van der Waals surface area contributed by atoms with E-state index in [9.17, 15) is 33.5 Å². The van der Waals surface area contributed by atoms with E-state index >= 15 is 0 Å². The lowest BCUT2D eigenvalue weighted by Gasteiger charge is -2.25. The Morgan fingerprint density at radius 2 is 1.70 bits per heavy atom. The standard InChI is InChI=1S/C22H28N2O8S/c1-32-22(27)14-8-6-12-19(25)20(26)15-17(16-9-3-2-4-10-16)23-33(30,31)21-13-7-5-11-18(21)24(28)29/h2-5,7,9-11,13,17,19-20,23,25-26H,6,8,12,14-15H2,1H3/t17-,19-,20-/m1/s1. The van der Waals surface area contributed by atoms with E-state index in [1.807, 2.05) is 0 Å². The van der Waals surface area contributed by atoms with E-state index in [-0.39, 0.29) is 25.2 Å². The number of nitrogens with zero attached hydrogens (tertiary/aromatic N) is 1. The number of sulfonamides is 1. The molecular formula is C22H28N2O8S. The molecule has 0 saturated heterocycles. The lowest BCUT2D eigenvalue weighted by molar-refractivity contribution is -0.387. The lowest BCUT2D eigenvalue weighted by Crippen LogP contribution is -2.35. The zero-order chi connectivity index (χ0) is 24.4. The van der Waals surface area contributed by atoms with Gasteiger partial charge in [0.15, 0.2) is 4.90 Å². The molecule has 3 N–H and O–H groups in total. The molecule has 2 aromatic carbocycles. The molecule has 11 heteroatoms. The Bertz CT molecular complexity index is 1030. The molecule has 3 atom stereocenters. The first-order chi connectivity index (χ1) is 15.7. The maximum absolute atomic E-state index is 13.0. The number of nitro groups is 1. The third kappa shape index (κ3) is 7.90. The Balaban J connectivity index is 2.16. The van der Waals surface area contributed by atoms with E-state index < -0.39 is 43.8 Å². The van der Waals surface area contributed by atoms with Crippen molar-refractivity contribution in [2.75, 3.05) is 7.11 Å². The van der Waals surface area contributed by atoms with Crippen LogP contribution in [0.25, 0.3) is 0 Å². The number of carbonyl (C=O) groups is 1. The van der Waals surface area contributed by atoms with Gasteiger partial charge in [0, 0.05) is 18.5 Å². The Morgan fingerprint density at radius 1 is 1.06 bits per heavy atom. The Morgan fingerprint density at radius 3 is 2.33 bits per heavy atom. The fourth-order valence-electron chi connectivity index (χ4n) is 3.34. The average molecular weight is 481 g/mol. The van der Waals surface area contributed by atoms with Gasteiger partial charge >= 0.3 is 5.97 Å². The predicted molar refractivity (Wildman–Crippen MR) is 120 cm³/mol. The zero-order valence-electron chi connectivity index (χ0n) is 18.2. The molecule has 0 bridgehead atoms. The fraction of sp³-hybridized carbons (Fsp3) is 0.409. The summed E-state index contributed by atoms with van der Waals surface area (Å²) in [6.45, 7) is 0. The Kier molecular flexibility index (Phi) is 9.92. The topological polar surface area (TPSA) is 156 Å². The van der Waals surface area contributed by atoms with Gasteiger partial charge < -0.3 is 14.9 Å². The number of hydrogen-bond donors (Lipinski definition) is 3. The van der Waals surface area contributed by atoms with Crippen molar-refractivity contribution in [3.8, 4) is 0 Å². The number of aliphatic hydroxyl groups is 2. The molecule has 180 valence electrons. The zero-order valence-corrected chi connectivity index (χ0v) is 19.0. The van der Waals surface area contributed by atoms with Crippen LogP contribution in [-0.4, -0.2) is 48.8 Å². The van der Waals surface area contributed by atoms with Crippen LogP contribution in [-0.2, 0) is 19.6 Å². The van der Waals surface area contributed by atoms with Gasteiger partial charge in [-0.25, -0.2) is 13.1 Å². The summed E-state index contributed by atoms with van der Waals surface area (Å²) in [5.74, 6) is -0.362. The van der Waals surface area contributed by atoms with Crippen LogP contribution in [0.2, 0.25) is 0 Å². The second kappa shape index (κ2) is 12.4. The third-order valence-electron chi connectivity index (χ3n) is 5.13. The number of hydrogen-bond acceptors (Lipinski definition) is 8. The summed E-state index contributed by atoms with van der Waals surface area (Å²) < 4.78 is 33.0. The van der Waals surface area contributed by atoms with Gasteiger partial charge in [0.2, 0.25) is 10.0 Å². The highest BCUT2D eigenvalue weighted by Crippen LogP contribution is 2.27. The van der Waals surface area contributed by atoms with E-state index in [4.69, 9.17) is 0 Å². The van der Waals surface area contributed by atoms with Crippen molar-refractivity contribution in [3.63, 3.8) is 0 Å². The highest BCUT2D eigenvalue weighted by molar-refractivity contribution is 7.89. The highest BCUT2D eigenvalue weighted by Gasteiger charge is 2.30. The van der Waals surface area contributed by atoms with Crippen LogP contribution < -0.4 is 4.72 Å². The van der Waals surface area contributed by atoms with Gasteiger partial charge in [-0.15, -0.1) is 0 Å². The van der Waals surface area contributed by atoms with E-state index in [0.717, 1.165) is 12.1 Å². The maximum atomic E-state index is 13.0. The number of rotatable bonds is 13. The van der Waals surface area contributed by atoms with E-state index in [2.05, 4.69) is 9.46 Å². The number of esters is 1. The predicted octanol–water partition coefficient (Wildman–Crippen LogP) is 2.46. The van der Waals surface area contributed by atoms with Crippen LogP contribution in [0.15, 0.2) is 59.5 Å². The van der Waals surface area contributed by atoms with Crippen LogP contribution in [0.3, 0.4) is 0 Å². The first kappa shape index (κ1) is 26.4. The minimum Gasteiger partial charge on any atom is -0.469 e. The van der Waals surface area contributed by atoms with Crippen molar-refractivity contribution in [1.29, 1.82) is 0 Å². The molecule has 0 aliphatic carbocycles. The molecule has 0 fully saturated rings. The van der Waals surface area contributed by atoms with Gasteiger partial charge in [-0.3, -0.25) is 14.9 Å². The van der Waals surface area contributed by atoms with Crippen molar-refractivity contribution < 1.29 is 33.1 Å². The molecule has 0 heterocycles. The minimum atomic E-state index is -4.32. The Hall–Kier alpha value is -2.86. The first-order valence-electron chi connectivity index (χ1n) is 10.4. The summed E-state index contributed by atoms with van der Waals surface area (Å²) in [6.07, 6.45) is -1.25. The lowest BCUT2D eigenvalue weighted by atomic mass is 9.96. The molecular weight excluding hydrogens is 452 g/mol. The van der Waals surface area contributed by atoms with Crippen molar-refractivity contribution in [3.05, 3.63) is 70.3 Å². The second-order valence-electron chi connectivity index (χ2n) is 7.50. The first-order valence-corrected chi connectivity index (χ1v) is 11.9. The van der Waals surface area contributed by atoms with Gasteiger partial charge in [0.05, 0.1) is 24.2 Å². The molecule has 0 unspecified atom stereocenters. The quantitative estimate of drug-likeness (QED) is 0.171. The van der Waals surface area contributed by atoms with Gasteiger partial charge in [-0.2, -0.15) is 0 Å². The number of methoxy groups -OCH3 is 1. The summed E-state index contributed by atoms with van der Waals surface area (Å²) in [5, 5.41) is 32.2. The van der Waals surface area contributed by atoms with Gasteiger partial charge in [-0.1, -0.05) is 48.9 Å². The SMILES string of the molecule is COC(=O)CCCC[C@@H](O)[C@H](O)C[C@@H](NS(=O)(=O)c1ccccc1[N+](=O)[O-])c1ccccc1. The molecule has 0 radical (unpaired) electrons. The summed E-state index contributed by atoms with van der Waals surface area (Å²) in [7, 11) is -3.04. The summed E-state index contributed by atoms with van der Waals surface area (Å²) >= 11 is 0. The number of nitro benzene ring substituents is 1. The molecule has 33 heavy (non-hydrogen) atoms. The summed E-state index contributed by atoms with van der Waals surface area (Å²) in [4.78, 5) is 21.2. The van der Waals surface area contributed by atoms with Crippen LogP contribution in [0.5, 0.6) is 0 Å². The number of carbonyl (C=O) groups excluding carboxylic acids is 1. The third-order valence-corrected chi connectivity index (χ3v) is 6.65. The monoisotopic (exact) mass is 480 g/mol. The number of unbranched alkanes of at least 4 members (excludes halogenated alkanes) is 1. The van der Waals surface area contributed by atoms with Gasteiger partial charge in [0.1, 0.15) is 0 Å². The van der Waals surface area contributed by atoms with Crippen molar-refractivity contribution >= 4 is 21.7 Å². The van der Waals surface area contributed by atoms with Crippen LogP contribution in [0.1, 0.15) is 43.7 Å². The largest absolute Gasteiger partial charge is 0.469 e. The molecule has 0 amide bonds. The number of aliphatic hydroxyl groups excluding tert-OH is 2. The van der Waals surface area contributed by atoms with Gasteiger partial charge in [0.25, 0.3) is 5.69 Å². The molecule has 0 aromatic heterocycles. The molecule has 10 nitrogen and oxygen atoms in total. The van der Waals surface area contributed by atoms with E-state index in [0.29, 0.717) is 18.4 Å². The van der Waals surface area contributed by atoms with E-state index in [1.165, 1.54) is 19.2 Å². The fourth-order valence-corrected chi connectivity index (χ4v) is 4.75. The summed E-state index contributed by atoms with van der Waals surface area (Å²) in [6, 6.07) is 12.5. The number of para-hydroxylation sites is 1.